The van der Waals surface area contributed by atoms with Gasteiger partial charge in [0.1, 0.15) is 0 Å². The number of nitrogens with one attached hydrogen (secondary N) is 1. The van der Waals surface area contributed by atoms with E-state index >= 15 is 0 Å². The Balaban J connectivity index is 2.86. The molecule has 1 N–H and O–H groups in total. The summed E-state index contributed by atoms with van der Waals surface area (Å²) < 4.78 is 0. The first-order valence-corrected chi connectivity index (χ1v) is 5.25. The molecule has 0 aliphatic rings. The Labute approximate surface area is 82.2 Å². The van der Waals surface area contributed by atoms with Gasteiger partial charge in [0.15, 0.2) is 5.13 Å². The second-order valence-electron chi connectivity index (χ2n) is 2.78. The van der Waals surface area contributed by atoms with Gasteiger partial charge in [-0.15, -0.1) is 11.3 Å². The standard InChI is InChI=1S/C9H14N2OS/c1-4-7-8(5-2)13-9(11-7)10-6(3)12/h4-5H2,1-3H3,(H,10,11,12). The van der Waals surface area contributed by atoms with Crippen molar-refractivity contribution in [2.24, 2.45) is 0 Å². The lowest BCUT2D eigenvalue weighted by Gasteiger charge is -1.92. The number of amides is 1. The van der Waals surface area contributed by atoms with Crippen LogP contribution in [0, 0.1) is 0 Å². The normalized spacial score (nSPS) is 10.1. The third kappa shape index (κ3) is 2.52. The smallest absolute Gasteiger partial charge is 0.223 e. The fourth-order valence-electron chi connectivity index (χ4n) is 1.14. The van der Waals surface area contributed by atoms with E-state index in [1.807, 2.05) is 0 Å². The van der Waals surface area contributed by atoms with Gasteiger partial charge in [0, 0.05) is 11.8 Å². The Morgan fingerprint density at radius 3 is 2.54 bits per heavy atom. The van der Waals surface area contributed by atoms with Crippen molar-refractivity contribution in [2.75, 3.05) is 5.32 Å². The van der Waals surface area contributed by atoms with Crippen LogP contribution in [0.25, 0.3) is 0 Å². The molecule has 0 saturated heterocycles. The summed E-state index contributed by atoms with van der Waals surface area (Å²) in [5.41, 5.74) is 1.11. The first-order chi connectivity index (χ1) is 6.17. The minimum atomic E-state index is -0.0564. The lowest BCUT2D eigenvalue weighted by Crippen LogP contribution is -2.05. The van der Waals surface area contributed by atoms with Gasteiger partial charge in [-0.1, -0.05) is 13.8 Å². The van der Waals surface area contributed by atoms with Crippen LogP contribution in [0.3, 0.4) is 0 Å². The number of nitrogens with zero attached hydrogens (tertiary/aromatic N) is 1. The Bertz CT molecular complexity index is 285. The van der Waals surface area contributed by atoms with E-state index in [1.54, 1.807) is 11.3 Å². The molecule has 0 atom stereocenters. The summed E-state index contributed by atoms with van der Waals surface area (Å²) >= 11 is 1.57. The van der Waals surface area contributed by atoms with Crippen LogP contribution in [0.2, 0.25) is 0 Å². The van der Waals surface area contributed by atoms with Crippen LogP contribution in [0.4, 0.5) is 5.13 Å². The lowest BCUT2D eigenvalue weighted by atomic mass is 10.2. The van der Waals surface area contributed by atoms with Gasteiger partial charge < -0.3 is 5.32 Å². The van der Waals surface area contributed by atoms with Gasteiger partial charge in [-0.3, -0.25) is 4.79 Å². The maximum absolute atomic E-state index is 10.8. The summed E-state index contributed by atoms with van der Waals surface area (Å²) in [7, 11) is 0. The lowest BCUT2D eigenvalue weighted by molar-refractivity contribution is -0.114. The predicted octanol–water partition coefficient (Wildman–Crippen LogP) is 2.23. The molecular formula is C9H14N2OS. The number of hydrogen-bond donors (Lipinski definition) is 1. The summed E-state index contributed by atoms with van der Waals surface area (Å²) in [5, 5.41) is 3.43. The topological polar surface area (TPSA) is 42.0 Å². The van der Waals surface area contributed by atoms with E-state index in [-0.39, 0.29) is 5.91 Å². The number of carbonyl (C=O) groups is 1. The molecule has 1 heterocycles. The quantitative estimate of drug-likeness (QED) is 0.809. The van der Waals surface area contributed by atoms with Crippen LogP contribution in [-0.2, 0) is 17.6 Å². The van der Waals surface area contributed by atoms with Crippen LogP contribution in [0.5, 0.6) is 0 Å². The van der Waals surface area contributed by atoms with E-state index < -0.39 is 0 Å². The van der Waals surface area contributed by atoms with Gasteiger partial charge in [-0.25, -0.2) is 4.98 Å². The maximum atomic E-state index is 10.8. The average Bonchev–Trinajstić information content (AvgIpc) is 2.45. The van der Waals surface area contributed by atoms with Gasteiger partial charge in [-0.2, -0.15) is 0 Å². The molecule has 0 bridgehead atoms. The largest absolute Gasteiger partial charge is 0.302 e. The maximum Gasteiger partial charge on any atom is 0.223 e. The number of thiazole rings is 1. The SMILES string of the molecule is CCc1nc(NC(C)=O)sc1CC. The summed E-state index contributed by atoms with van der Waals surface area (Å²) in [6.45, 7) is 5.68. The van der Waals surface area contributed by atoms with E-state index in [0.29, 0.717) is 0 Å². The van der Waals surface area contributed by atoms with Crippen molar-refractivity contribution >= 4 is 22.4 Å². The molecule has 0 aliphatic carbocycles. The highest BCUT2D eigenvalue weighted by atomic mass is 32.1. The molecule has 0 spiro atoms. The van der Waals surface area contributed by atoms with Crippen molar-refractivity contribution in [2.45, 2.75) is 33.6 Å². The van der Waals surface area contributed by atoms with Crippen molar-refractivity contribution in [1.82, 2.24) is 4.98 Å². The van der Waals surface area contributed by atoms with Crippen LogP contribution < -0.4 is 5.32 Å². The number of carbonyl (C=O) groups excluding carboxylic acids is 1. The molecule has 72 valence electrons. The van der Waals surface area contributed by atoms with Crippen molar-refractivity contribution < 1.29 is 4.79 Å². The third-order valence-corrected chi connectivity index (χ3v) is 2.87. The molecule has 0 aromatic carbocycles. The zero-order valence-corrected chi connectivity index (χ0v) is 8.99. The van der Waals surface area contributed by atoms with E-state index in [9.17, 15) is 4.79 Å². The second kappa shape index (κ2) is 4.37. The summed E-state index contributed by atoms with van der Waals surface area (Å²) in [5.74, 6) is -0.0564. The van der Waals surface area contributed by atoms with Crippen molar-refractivity contribution in [3.05, 3.63) is 10.6 Å². The fraction of sp³-hybridized carbons (Fsp3) is 0.556. The Morgan fingerprint density at radius 1 is 1.46 bits per heavy atom. The second-order valence-corrected chi connectivity index (χ2v) is 3.86. The summed E-state index contributed by atoms with van der Waals surface area (Å²) in [4.78, 5) is 16.4. The van der Waals surface area contributed by atoms with E-state index in [1.165, 1.54) is 11.8 Å². The molecule has 0 radical (unpaired) electrons. The molecule has 0 saturated carbocycles. The first-order valence-electron chi connectivity index (χ1n) is 4.43. The highest BCUT2D eigenvalue weighted by Crippen LogP contribution is 2.23. The molecule has 1 aromatic rings. The van der Waals surface area contributed by atoms with Gasteiger partial charge in [0.05, 0.1) is 5.69 Å². The fourth-order valence-corrected chi connectivity index (χ4v) is 2.18. The average molecular weight is 198 g/mol. The molecule has 1 aromatic heterocycles. The van der Waals surface area contributed by atoms with E-state index in [4.69, 9.17) is 0 Å². The Morgan fingerprint density at radius 2 is 2.15 bits per heavy atom. The molecule has 3 nitrogen and oxygen atoms in total. The van der Waals surface area contributed by atoms with Crippen molar-refractivity contribution in [3.8, 4) is 0 Å². The van der Waals surface area contributed by atoms with Crippen LogP contribution in [0.15, 0.2) is 0 Å². The number of aryl methyl sites for hydroxylation is 2. The first kappa shape index (κ1) is 10.2. The highest BCUT2D eigenvalue weighted by molar-refractivity contribution is 7.15. The number of aromatic nitrogens is 1. The zero-order chi connectivity index (χ0) is 9.84. The number of hydrogen-bond acceptors (Lipinski definition) is 3. The Hall–Kier alpha value is -0.900. The molecule has 1 amide bonds. The Kier molecular flexibility index (Phi) is 3.42. The van der Waals surface area contributed by atoms with Gasteiger partial charge in [-0.05, 0) is 12.8 Å². The monoisotopic (exact) mass is 198 g/mol. The third-order valence-electron chi connectivity index (χ3n) is 1.72. The minimum absolute atomic E-state index is 0.0564. The highest BCUT2D eigenvalue weighted by Gasteiger charge is 2.08. The molecule has 13 heavy (non-hydrogen) atoms. The van der Waals surface area contributed by atoms with Crippen molar-refractivity contribution in [1.29, 1.82) is 0 Å². The predicted molar refractivity (Wildman–Crippen MR) is 55.2 cm³/mol. The van der Waals surface area contributed by atoms with E-state index in [0.717, 1.165) is 23.7 Å². The van der Waals surface area contributed by atoms with E-state index in [2.05, 4.69) is 24.1 Å². The molecule has 0 fully saturated rings. The van der Waals surface area contributed by atoms with Gasteiger partial charge in [0.2, 0.25) is 5.91 Å². The molecule has 1 rings (SSSR count). The zero-order valence-electron chi connectivity index (χ0n) is 8.18. The summed E-state index contributed by atoms with van der Waals surface area (Å²) in [6, 6.07) is 0. The minimum Gasteiger partial charge on any atom is -0.302 e. The van der Waals surface area contributed by atoms with Crippen LogP contribution in [-0.4, -0.2) is 10.9 Å². The number of anilines is 1. The van der Waals surface area contributed by atoms with Crippen LogP contribution >= 0.6 is 11.3 Å². The van der Waals surface area contributed by atoms with Gasteiger partial charge >= 0.3 is 0 Å². The number of rotatable bonds is 3. The van der Waals surface area contributed by atoms with Crippen LogP contribution in [0.1, 0.15) is 31.3 Å². The molecular weight excluding hydrogens is 184 g/mol. The molecule has 4 heteroatoms. The summed E-state index contributed by atoms with van der Waals surface area (Å²) in [6.07, 6.45) is 1.92. The molecule has 0 unspecified atom stereocenters. The van der Waals surface area contributed by atoms with Gasteiger partial charge in [0.25, 0.3) is 0 Å². The van der Waals surface area contributed by atoms with Crippen molar-refractivity contribution in [3.63, 3.8) is 0 Å². The molecule has 0 aliphatic heterocycles.